The maximum absolute atomic E-state index is 13.5. The Hall–Kier alpha value is -2.14. The molecule has 0 saturated heterocycles. The van der Waals surface area contributed by atoms with Crippen molar-refractivity contribution in [3.8, 4) is 11.8 Å². The highest BCUT2D eigenvalue weighted by Gasteiger charge is 2.40. The highest BCUT2D eigenvalue weighted by atomic mass is 19.3. The predicted octanol–water partition coefficient (Wildman–Crippen LogP) is 1.80. The lowest BCUT2D eigenvalue weighted by Crippen LogP contribution is -2.41. The van der Waals surface area contributed by atoms with Crippen LogP contribution in [0.1, 0.15) is 15.9 Å². The second kappa shape index (κ2) is 7.04. The van der Waals surface area contributed by atoms with Gasteiger partial charge in [0, 0.05) is 5.56 Å². The number of aliphatic hydroxyl groups is 1. The number of carbonyl (C=O) groups is 1. The highest BCUT2D eigenvalue weighted by Crippen LogP contribution is 2.21. The molecule has 1 amide bonds. The minimum atomic E-state index is -4.36. The summed E-state index contributed by atoms with van der Waals surface area (Å²) in [6, 6.07) is 2.94. The summed E-state index contributed by atoms with van der Waals surface area (Å²) in [5.74, 6) is -1.91. The van der Waals surface area contributed by atoms with Gasteiger partial charge in [0.25, 0.3) is 5.91 Å². The van der Waals surface area contributed by atoms with Crippen molar-refractivity contribution in [2.45, 2.75) is 12.3 Å². The number of hydrogen-bond acceptors (Lipinski definition) is 2. The molecule has 0 spiro atoms. The first-order chi connectivity index (χ1) is 9.77. The molecule has 0 heterocycles. The minimum Gasteiger partial charge on any atom is -0.384 e. The van der Waals surface area contributed by atoms with Crippen LogP contribution in [0, 0.1) is 17.7 Å². The topological polar surface area (TPSA) is 49.3 Å². The third kappa shape index (κ3) is 4.72. The molecule has 0 radical (unpaired) electrons. The van der Waals surface area contributed by atoms with Crippen LogP contribution in [-0.4, -0.2) is 36.5 Å². The van der Waals surface area contributed by atoms with Gasteiger partial charge in [-0.15, -0.1) is 0 Å². The molecule has 0 atom stereocenters. The van der Waals surface area contributed by atoms with Gasteiger partial charge >= 0.3 is 12.3 Å². The lowest BCUT2D eigenvalue weighted by molar-refractivity contribution is -0.123. The molecule has 0 unspecified atom stereocenters. The molecule has 0 aliphatic carbocycles. The zero-order valence-electron chi connectivity index (χ0n) is 10.5. The summed E-state index contributed by atoms with van der Waals surface area (Å²) < 4.78 is 62.6. The molecule has 1 aromatic carbocycles. The third-order valence-corrected chi connectivity index (χ3v) is 2.34. The number of rotatable bonds is 4. The zero-order chi connectivity index (χ0) is 16.0. The van der Waals surface area contributed by atoms with Crippen molar-refractivity contribution in [2.24, 2.45) is 0 Å². The molecule has 0 saturated carbocycles. The van der Waals surface area contributed by atoms with Crippen molar-refractivity contribution in [1.29, 1.82) is 0 Å². The third-order valence-electron chi connectivity index (χ3n) is 2.34. The first-order valence-corrected chi connectivity index (χ1v) is 5.61. The van der Waals surface area contributed by atoms with Crippen molar-refractivity contribution in [1.82, 2.24) is 5.32 Å². The maximum Gasteiger partial charge on any atom is 0.324 e. The van der Waals surface area contributed by atoms with Crippen LogP contribution in [0.4, 0.5) is 22.0 Å². The first kappa shape index (κ1) is 16.9. The average molecular weight is 307 g/mol. The number of halogens is 5. The fourth-order valence-electron chi connectivity index (χ4n) is 1.27. The second-order valence-corrected chi connectivity index (χ2v) is 3.90. The number of amides is 1. The normalized spacial score (nSPS) is 11.0. The summed E-state index contributed by atoms with van der Waals surface area (Å²) in [5, 5.41) is 10.1. The number of alkyl halides is 4. The molecule has 0 aromatic heterocycles. The second-order valence-electron chi connectivity index (χ2n) is 3.90. The molecule has 2 N–H and O–H groups in total. The van der Waals surface area contributed by atoms with Gasteiger partial charge in [-0.25, -0.2) is 13.2 Å². The van der Waals surface area contributed by atoms with Gasteiger partial charge in [-0.1, -0.05) is 11.8 Å². The van der Waals surface area contributed by atoms with Gasteiger partial charge in [0.15, 0.2) is 0 Å². The number of aliphatic hydroxyl groups excluding tert-OH is 1. The molecule has 1 aromatic rings. The van der Waals surface area contributed by atoms with Crippen LogP contribution >= 0.6 is 0 Å². The smallest absolute Gasteiger partial charge is 0.324 e. The Bertz CT molecular complexity index is 578. The average Bonchev–Trinajstić information content (AvgIpc) is 2.43. The highest BCUT2D eigenvalue weighted by molar-refractivity contribution is 5.94. The van der Waals surface area contributed by atoms with Crippen LogP contribution in [0.15, 0.2) is 18.2 Å². The predicted molar refractivity (Wildman–Crippen MR) is 63.6 cm³/mol. The molecule has 0 aliphatic heterocycles. The number of nitrogens with one attached hydrogen (secondary N) is 1. The lowest BCUT2D eigenvalue weighted by Gasteiger charge is -2.15. The van der Waals surface area contributed by atoms with E-state index in [0.717, 1.165) is 18.2 Å². The zero-order valence-corrected chi connectivity index (χ0v) is 10.5. The van der Waals surface area contributed by atoms with E-state index in [1.165, 1.54) is 0 Å². The fourth-order valence-corrected chi connectivity index (χ4v) is 1.27. The first-order valence-electron chi connectivity index (χ1n) is 5.61. The molecule has 114 valence electrons. The van der Waals surface area contributed by atoms with E-state index in [0.29, 0.717) is 0 Å². The van der Waals surface area contributed by atoms with Crippen molar-refractivity contribution < 1.29 is 31.9 Å². The lowest BCUT2D eigenvalue weighted by atomic mass is 10.1. The standard InChI is InChI=1S/C13H10F5NO2/c14-10-6-9(4-3-8(10)2-1-5-20)11(21)19-7-13(17,18)12(15)16/h3-4,6,12,20H,5,7H2,(H,19,21). The molecule has 8 heteroatoms. The van der Waals surface area contributed by atoms with Crippen LogP contribution in [0.2, 0.25) is 0 Å². The Morgan fingerprint density at radius 1 is 1.38 bits per heavy atom. The monoisotopic (exact) mass is 307 g/mol. The summed E-state index contributed by atoms with van der Waals surface area (Å²) in [6.07, 6.45) is -3.91. The Morgan fingerprint density at radius 2 is 2.05 bits per heavy atom. The largest absolute Gasteiger partial charge is 0.384 e. The number of hydrogen-bond donors (Lipinski definition) is 2. The van der Waals surface area contributed by atoms with Crippen molar-refractivity contribution >= 4 is 5.91 Å². The molecular weight excluding hydrogens is 297 g/mol. The van der Waals surface area contributed by atoms with Gasteiger partial charge in [0.2, 0.25) is 0 Å². The SMILES string of the molecule is O=C(NCC(F)(F)C(F)F)c1ccc(C#CCO)c(F)c1. The Morgan fingerprint density at radius 3 is 2.57 bits per heavy atom. The van der Waals surface area contributed by atoms with E-state index >= 15 is 0 Å². The van der Waals surface area contributed by atoms with Crippen LogP contribution < -0.4 is 5.32 Å². The quantitative estimate of drug-likeness (QED) is 0.658. The summed E-state index contributed by atoms with van der Waals surface area (Å²) in [5.41, 5.74) is -0.411. The molecule has 21 heavy (non-hydrogen) atoms. The van der Waals surface area contributed by atoms with Crippen LogP contribution in [0.5, 0.6) is 0 Å². The summed E-state index contributed by atoms with van der Waals surface area (Å²) in [7, 11) is 0. The van der Waals surface area contributed by atoms with Crippen LogP contribution in [0.25, 0.3) is 0 Å². The minimum absolute atomic E-state index is 0.0986. The van der Waals surface area contributed by atoms with Gasteiger partial charge in [0.05, 0.1) is 12.1 Å². The molecule has 3 nitrogen and oxygen atoms in total. The fraction of sp³-hybridized carbons (Fsp3) is 0.308. The van der Waals surface area contributed by atoms with Gasteiger partial charge in [-0.05, 0) is 18.2 Å². The van der Waals surface area contributed by atoms with E-state index in [9.17, 15) is 26.7 Å². The molecule has 0 fully saturated rings. The van der Waals surface area contributed by atoms with Gasteiger partial charge in [0.1, 0.15) is 12.4 Å². The number of carbonyl (C=O) groups excluding carboxylic acids is 1. The van der Waals surface area contributed by atoms with E-state index in [1.807, 2.05) is 0 Å². The Labute approximate surface area is 116 Å². The molecule has 1 rings (SSSR count). The Balaban J connectivity index is 2.78. The van der Waals surface area contributed by atoms with E-state index < -0.39 is 37.2 Å². The summed E-state index contributed by atoms with van der Waals surface area (Å²) >= 11 is 0. The van der Waals surface area contributed by atoms with Crippen LogP contribution in [0.3, 0.4) is 0 Å². The maximum atomic E-state index is 13.5. The summed E-state index contributed by atoms with van der Waals surface area (Å²) in [6.45, 7) is -2.04. The molecule has 0 aliphatic rings. The van der Waals surface area contributed by atoms with Gasteiger partial charge in [-0.3, -0.25) is 4.79 Å². The van der Waals surface area contributed by atoms with E-state index in [2.05, 4.69) is 11.8 Å². The van der Waals surface area contributed by atoms with E-state index in [4.69, 9.17) is 5.11 Å². The van der Waals surface area contributed by atoms with Gasteiger partial charge in [-0.2, -0.15) is 8.78 Å². The van der Waals surface area contributed by atoms with E-state index in [1.54, 1.807) is 5.32 Å². The van der Waals surface area contributed by atoms with Crippen molar-refractivity contribution in [3.05, 3.63) is 35.1 Å². The summed E-state index contributed by atoms with van der Waals surface area (Å²) in [4.78, 5) is 11.5. The van der Waals surface area contributed by atoms with Crippen molar-refractivity contribution in [2.75, 3.05) is 13.2 Å². The van der Waals surface area contributed by atoms with Crippen molar-refractivity contribution in [3.63, 3.8) is 0 Å². The van der Waals surface area contributed by atoms with E-state index in [-0.39, 0.29) is 11.1 Å². The van der Waals surface area contributed by atoms with Crippen LogP contribution in [-0.2, 0) is 0 Å². The Kier molecular flexibility index (Phi) is 5.67. The van der Waals surface area contributed by atoms with Gasteiger partial charge < -0.3 is 10.4 Å². The molecular formula is C13H10F5NO2. The molecule has 0 bridgehead atoms. The number of benzene rings is 1.